The van der Waals surface area contributed by atoms with Crippen LogP contribution in [0, 0.1) is 19.7 Å². The smallest absolute Gasteiger partial charge is 0.126 e. The molecular formula is C13H13FN2. The Balaban J connectivity index is 2.54. The zero-order valence-electron chi connectivity index (χ0n) is 9.29. The molecule has 1 heterocycles. The van der Waals surface area contributed by atoms with Crippen molar-refractivity contribution in [3.63, 3.8) is 0 Å². The number of hydrogen-bond acceptors (Lipinski definition) is 2. The predicted molar refractivity (Wildman–Crippen MR) is 63.5 cm³/mol. The van der Waals surface area contributed by atoms with Gasteiger partial charge in [-0.1, -0.05) is 6.07 Å². The van der Waals surface area contributed by atoms with Crippen LogP contribution >= 0.6 is 0 Å². The Kier molecular flexibility index (Phi) is 2.60. The summed E-state index contributed by atoms with van der Waals surface area (Å²) >= 11 is 0. The lowest BCUT2D eigenvalue weighted by Gasteiger charge is -2.07. The van der Waals surface area contributed by atoms with E-state index in [4.69, 9.17) is 5.73 Å². The first-order valence-corrected chi connectivity index (χ1v) is 5.06. The van der Waals surface area contributed by atoms with Crippen molar-refractivity contribution in [2.24, 2.45) is 0 Å². The third-order valence-corrected chi connectivity index (χ3v) is 2.60. The van der Waals surface area contributed by atoms with Crippen LogP contribution in [0.4, 0.5) is 10.2 Å². The molecule has 0 saturated carbocycles. The third kappa shape index (κ3) is 1.89. The molecule has 1 aromatic carbocycles. The van der Waals surface area contributed by atoms with E-state index in [0.29, 0.717) is 11.4 Å². The molecule has 0 aliphatic rings. The molecule has 0 fully saturated rings. The molecule has 0 aliphatic carbocycles. The molecule has 0 spiro atoms. The maximum absolute atomic E-state index is 13.1. The lowest BCUT2D eigenvalue weighted by atomic mass is 10.0. The summed E-state index contributed by atoms with van der Waals surface area (Å²) < 4.78 is 13.1. The number of nitrogens with zero attached hydrogens (tertiary/aromatic N) is 1. The van der Waals surface area contributed by atoms with E-state index in [1.54, 1.807) is 19.2 Å². The number of aryl methyl sites for hydroxylation is 2. The lowest BCUT2D eigenvalue weighted by Crippen LogP contribution is -1.93. The molecule has 0 amide bonds. The largest absolute Gasteiger partial charge is 0.384 e. The van der Waals surface area contributed by atoms with Crippen LogP contribution < -0.4 is 5.73 Å². The molecule has 0 radical (unpaired) electrons. The first-order valence-electron chi connectivity index (χ1n) is 5.06. The summed E-state index contributed by atoms with van der Waals surface area (Å²) in [4.78, 5) is 4.05. The maximum atomic E-state index is 13.1. The fourth-order valence-electron chi connectivity index (χ4n) is 1.69. The average molecular weight is 216 g/mol. The van der Waals surface area contributed by atoms with Gasteiger partial charge in [0.2, 0.25) is 0 Å². The number of pyridine rings is 1. The molecule has 0 saturated heterocycles. The molecule has 0 aliphatic heterocycles. The minimum absolute atomic E-state index is 0.190. The van der Waals surface area contributed by atoms with Gasteiger partial charge >= 0.3 is 0 Å². The van der Waals surface area contributed by atoms with Gasteiger partial charge in [0.05, 0.1) is 0 Å². The molecule has 0 bridgehead atoms. The van der Waals surface area contributed by atoms with Crippen LogP contribution in [-0.2, 0) is 0 Å². The van der Waals surface area contributed by atoms with E-state index in [2.05, 4.69) is 4.98 Å². The Bertz CT molecular complexity index is 535. The van der Waals surface area contributed by atoms with Crippen molar-refractivity contribution in [2.45, 2.75) is 13.8 Å². The summed E-state index contributed by atoms with van der Waals surface area (Å²) in [7, 11) is 0. The number of anilines is 1. The van der Waals surface area contributed by atoms with E-state index < -0.39 is 0 Å². The Hall–Kier alpha value is -1.90. The minimum Gasteiger partial charge on any atom is -0.384 e. The maximum Gasteiger partial charge on any atom is 0.126 e. The summed E-state index contributed by atoms with van der Waals surface area (Å²) in [5, 5.41) is 0. The number of nitrogens with two attached hydrogens (primary N) is 1. The van der Waals surface area contributed by atoms with Gasteiger partial charge in [0.15, 0.2) is 0 Å². The van der Waals surface area contributed by atoms with E-state index in [-0.39, 0.29) is 5.82 Å². The van der Waals surface area contributed by atoms with Crippen molar-refractivity contribution in [2.75, 3.05) is 5.73 Å². The molecule has 2 rings (SSSR count). The van der Waals surface area contributed by atoms with Crippen molar-refractivity contribution in [3.8, 4) is 11.1 Å². The molecule has 16 heavy (non-hydrogen) atoms. The van der Waals surface area contributed by atoms with Gasteiger partial charge in [-0.15, -0.1) is 0 Å². The molecule has 1 aromatic heterocycles. The van der Waals surface area contributed by atoms with E-state index in [0.717, 1.165) is 16.7 Å². The number of aromatic nitrogens is 1. The quantitative estimate of drug-likeness (QED) is 0.795. The van der Waals surface area contributed by atoms with Crippen LogP contribution in [0.1, 0.15) is 11.1 Å². The second-order valence-corrected chi connectivity index (χ2v) is 3.89. The predicted octanol–water partition coefficient (Wildman–Crippen LogP) is 3.09. The second-order valence-electron chi connectivity index (χ2n) is 3.89. The first-order chi connectivity index (χ1) is 7.58. The van der Waals surface area contributed by atoms with Crippen LogP contribution in [0.25, 0.3) is 11.1 Å². The van der Waals surface area contributed by atoms with Crippen LogP contribution in [0.15, 0.2) is 30.5 Å². The molecule has 2 aromatic rings. The van der Waals surface area contributed by atoms with Gasteiger partial charge in [0.1, 0.15) is 11.6 Å². The van der Waals surface area contributed by atoms with Crippen LogP contribution in [0.2, 0.25) is 0 Å². The second kappa shape index (κ2) is 3.93. The third-order valence-electron chi connectivity index (χ3n) is 2.60. The molecule has 2 nitrogen and oxygen atoms in total. The van der Waals surface area contributed by atoms with Gasteiger partial charge in [0.25, 0.3) is 0 Å². The van der Waals surface area contributed by atoms with E-state index >= 15 is 0 Å². The number of nitrogen functional groups attached to an aromatic ring is 1. The van der Waals surface area contributed by atoms with E-state index in [1.807, 2.05) is 19.1 Å². The van der Waals surface area contributed by atoms with Crippen LogP contribution in [0.3, 0.4) is 0 Å². The summed E-state index contributed by atoms with van der Waals surface area (Å²) in [5.74, 6) is 0.310. The van der Waals surface area contributed by atoms with Gasteiger partial charge < -0.3 is 5.73 Å². The fraction of sp³-hybridized carbons (Fsp3) is 0.154. The molecule has 82 valence electrons. The Morgan fingerprint density at radius 1 is 1.12 bits per heavy atom. The number of hydrogen-bond donors (Lipinski definition) is 1. The summed E-state index contributed by atoms with van der Waals surface area (Å²) in [6.07, 6.45) is 1.72. The first kappa shape index (κ1) is 10.6. The monoisotopic (exact) mass is 216 g/mol. The van der Waals surface area contributed by atoms with Crippen molar-refractivity contribution in [1.82, 2.24) is 4.98 Å². The SMILES string of the molecule is Cc1cc(-c2cnc(N)cc2C)ccc1F. The van der Waals surface area contributed by atoms with Crippen LogP contribution in [0.5, 0.6) is 0 Å². The number of rotatable bonds is 1. The average Bonchev–Trinajstić information content (AvgIpc) is 2.22. The molecular weight excluding hydrogens is 203 g/mol. The van der Waals surface area contributed by atoms with Gasteiger partial charge in [-0.25, -0.2) is 9.37 Å². The van der Waals surface area contributed by atoms with E-state index in [1.165, 1.54) is 6.07 Å². The highest BCUT2D eigenvalue weighted by Gasteiger charge is 2.05. The minimum atomic E-state index is -0.190. The Labute approximate surface area is 93.9 Å². The highest BCUT2D eigenvalue weighted by atomic mass is 19.1. The summed E-state index contributed by atoms with van der Waals surface area (Å²) in [5.41, 5.74) is 9.21. The molecule has 2 N–H and O–H groups in total. The Morgan fingerprint density at radius 3 is 2.50 bits per heavy atom. The summed E-state index contributed by atoms with van der Waals surface area (Å²) in [6, 6.07) is 6.85. The zero-order chi connectivity index (χ0) is 11.7. The zero-order valence-corrected chi connectivity index (χ0v) is 9.29. The highest BCUT2D eigenvalue weighted by molar-refractivity contribution is 5.68. The van der Waals surface area contributed by atoms with Gasteiger partial charge in [-0.3, -0.25) is 0 Å². The molecule has 0 unspecified atom stereocenters. The summed E-state index contributed by atoms with van der Waals surface area (Å²) in [6.45, 7) is 3.71. The normalized spacial score (nSPS) is 10.4. The van der Waals surface area contributed by atoms with Crippen LogP contribution in [-0.4, -0.2) is 4.98 Å². The van der Waals surface area contributed by atoms with Gasteiger partial charge in [0, 0.05) is 11.8 Å². The fourth-order valence-corrected chi connectivity index (χ4v) is 1.69. The lowest BCUT2D eigenvalue weighted by molar-refractivity contribution is 0.619. The number of benzene rings is 1. The highest BCUT2D eigenvalue weighted by Crippen LogP contribution is 2.25. The van der Waals surface area contributed by atoms with Gasteiger partial charge in [-0.05, 0) is 48.7 Å². The molecule has 3 heteroatoms. The van der Waals surface area contributed by atoms with Gasteiger partial charge in [-0.2, -0.15) is 0 Å². The van der Waals surface area contributed by atoms with Crippen molar-refractivity contribution in [3.05, 3.63) is 47.4 Å². The van der Waals surface area contributed by atoms with Crippen molar-refractivity contribution < 1.29 is 4.39 Å². The topological polar surface area (TPSA) is 38.9 Å². The van der Waals surface area contributed by atoms with Crippen molar-refractivity contribution >= 4 is 5.82 Å². The molecule has 0 atom stereocenters. The van der Waals surface area contributed by atoms with E-state index in [9.17, 15) is 4.39 Å². The van der Waals surface area contributed by atoms with Crippen molar-refractivity contribution in [1.29, 1.82) is 0 Å². The standard InChI is InChI=1S/C13H13FN2/c1-8-6-13(15)16-7-11(8)10-3-4-12(14)9(2)5-10/h3-7H,1-2H3,(H2,15,16). The Morgan fingerprint density at radius 2 is 1.88 bits per heavy atom. The number of halogens is 1.